The van der Waals surface area contributed by atoms with E-state index in [1.165, 1.54) is 29.7 Å². The lowest BCUT2D eigenvalue weighted by Gasteiger charge is -2.09. The molecule has 0 radical (unpaired) electrons. The van der Waals surface area contributed by atoms with Crippen LogP contribution >= 0.6 is 0 Å². The van der Waals surface area contributed by atoms with Gasteiger partial charge in [-0.15, -0.1) is 0 Å². The minimum Gasteiger partial charge on any atom is -0.494 e. The zero-order valence-electron chi connectivity index (χ0n) is 18.0. The third-order valence-corrected chi connectivity index (χ3v) is 5.35. The van der Waals surface area contributed by atoms with Crippen LogP contribution in [-0.2, 0) is 11.2 Å². The highest BCUT2D eigenvalue weighted by Crippen LogP contribution is 2.28. The number of aliphatic imine (C=N–C) groups is 1. The van der Waals surface area contributed by atoms with Gasteiger partial charge in [-0.2, -0.15) is 0 Å². The average molecular weight is 393 g/mol. The van der Waals surface area contributed by atoms with Gasteiger partial charge in [0.1, 0.15) is 11.5 Å². The maximum Gasteiger partial charge on any atom is 0.146 e. The molecule has 154 valence electrons. The Morgan fingerprint density at radius 3 is 2.86 bits per heavy atom. The van der Waals surface area contributed by atoms with Gasteiger partial charge in [0.05, 0.1) is 18.5 Å². The third-order valence-electron chi connectivity index (χ3n) is 5.35. The zero-order chi connectivity index (χ0) is 20.8. The largest absolute Gasteiger partial charge is 0.494 e. The molecule has 0 spiro atoms. The van der Waals surface area contributed by atoms with Gasteiger partial charge in [0, 0.05) is 35.9 Å². The number of aryl methyl sites for hydroxylation is 1. The molecule has 5 nitrogen and oxygen atoms in total. The number of nitrogens with one attached hydrogen (secondary N) is 3. The van der Waals surface area contributed by atoms with Crippen LogP contribution in [0.5, 0.6) is 0 Å². The lowest BCUT2D eigenvalue weighted by Crippen LogP contribution is -2.14. The highest BCUT2D eigenvalue weighted by Gasteiger charge is 2.18. The van der Waals surface area contributed by atoms with E-state index in [9.17, 15) is 0 Å². The third kappa shape index (κ3) is 4.91. The Hall–Kier alpha value is -2.95. The van der Waals surface area contributed by atoms with Gasteiger partial charge in [0.15, 0.2) is 0 Å². The Balaban J connectivity index is 1.76. The van der Waals surface area contributed by atoms with Gasteiger partial charge >= 0.3 is 0 Å². The molecule has 1 aliphatic heterocycles. The fraction of sp³-hybridized carbons (Fsp3) is 0.375. The van der Waals surface area contributed by atoms with Crippen molar-refractivity contribution in [2.45, 2.75) is 46.5 Å². The molecule has 0 aromatic carbocycles. The summed E-state index contributed by atoms with van der Waals surface area (Å²) in [6.45, 7) is 11.7. The molecule has 2 aromatic heterocycles. The summed E-state index contributed by atoms with van der Waals surface area (Å²) in [5, 5.41) is 3.43. The number of methoxy groups -OCH3 is 1. The van der Waals surface area contributed by atoms with Crippen molar-refractivity contribution >= 4 is 11.8 Å². The number of H-pyrrole nitrogens is 2. The quantitative estimate of drug-likeness (QED) is 0.488. The molecule has 3 N–H and O–H groups in total. The lowest BCUT2D eigenvalue weighted by molar-refractivity contribution is 0.303. The van der Waals surface area contributed by atoms with Crippen LogP contribution in [0.3, 0.4) is 0 Å². The van der Waals surface area contributed by atoms with E-state index >= 15 is 0 Å². The van der Waals surface area contributed by atoms with Gasteiger partial charge in [0.25, 0.3) is 0 Å². The van der Waals surface area contributed by atoms with E-state index in [0.717, 1.165) is 53.6 Å². The molecule has 0 atom stereocenters. The number of aromatic nitrogens is 2. The van der Waals surface area contributed by atoms with E-state index in [1.54, 1.807) is 7.11 Å². The molecule has 3 heterocycles. The Morgan fingerprint density at radius 2 is 2.17 bits per heavy atom. The molecule has 0 unspecified atom stereocenters. The zero-order valence-corrected chi connectivity index (χ0v) is 18.0. The first-order valence-electron chi connectivity index (χ1n) is 10.3. The standard InChI is InChI=1S/C24H32N4O/c1-6-7-12-25-16(2)10-11-19-17(3)21(27-18(19)4)14-23-24(29-5)15-22(28-23)20-9-8-13-26-20/h8-9,13-15,25-27H,2,6-7,10-12H2,1,3-5H3. The molecule has 0 fully saturated rings. The number of nitrogens with zero attached hydrogens (tertiary/aromatic N) is 1. The van der Waals surface area contributed by atoms with Crippen molar-refractivity contribution in [2.75, 3.05) is 13.7 Å². The topological polar surface area (TPSA) is 65.2 Å². The monoisotopic (exact) mass is 392 g/mol. The molecule has 1 aliphatic rings. The second-order valence-corrected chi connectivity index (χ2v) is 7.47. The summed E-state index contributed by atoms with van der Waals surface area (Å²) in [5.74, 6) is 0.774. The van der Waals surface area contributed by atoms with Crippen molar-refractivity contribution in [1.82, 2.24) is 15.3 Å². The van der Waals surface area contributed by atoms with Crippen molar-refractivity contribution in [1.29, 1.82) is 0 Å². The van der Waals surface area contributed by atoms with E-state index in [4.69, 9.17) is 9.73 Å². The van der Waals surface area contributed by atoms with Crippen molar-refractivity contribution in [2.24, 2.45) is 4.99 Å². The molecule has 0 saturated carbocycles. The molecular formula is C24H32N4O. The van der Waals surface area contributed by atoms with Gasteiger partial charge in [-0.25, -0.2) is 4.99 Å². The van der Waals surface area contributed by atoms with Crippen molar-refractivity contribution < 1.29 is 4.74 Å². The Bertz CT molecular complexity index is 942. The van der Waals surface area contributed by atoms with E-state index < -0.39 is 0 Å². The fourth-order valence-electron chi connectivity index (χ4n) is 3.59. The SMILES string of the molecule is C=C(CCc1c(C)[nH]c(C=C2N=C(c3ccc[nH]3)C=C2OC)c1C)NCCCC. The molecule has 0 bridgehead atoms. The van der Waals surface area contributed by atoms with Gasteiger partial charge in [-0.05, 0) is 62.4 Å². The lowest BCUT2D eigenvalue weighted by atomic mass is 10.0. The van der Waals surface area contributed by atoms with Crippen LogP contribution in [0.2, 0.25) is 0 Å². The Morgan fingerprint density at radius 1 is 1.34 bits per heavy atom. The van der Waals surface area contributed by atoms with E-state index in [1.807, 2.05) is 24.4 Å². The van der Waals surface area contributed by atoms with Gasteiger partial charge in [0.2, 0.25) is 0 Å². The summed E-state index contributed by atoms with van der Waals surface area (Å²) < 4.78 is 5.56. The average Bonchev–Trinajstić information content (AvgIpc) is 3.42. The summed E-state index contributed by atoms with van der Waals surface area (Å²) in [6, 6.07) is 3.98. The number of ether oxygens (including phenoxy) is 1. The normalized spacial score (nSPS) is 14.8. The van der Waals surface area contributed by atoms with Gasteiger partial charge < -0.3 is 20.0 Å². The first-order chi connectivity index (χ1) is 14.0. The number of aromatic amines is 2. The summed E-state index contributed by atoms with van der Waals surface area (Å²) in [4.78, 5) is 11.5. The molecular weight excluding hydrogens is 360 g/mol. The minimum absolute atomic E-state index is 0.774. The molecule has 0 amide bonds. The predicted molar refractivity (Wildman–Crippen MR) is 121 cm³/mol. The summed E-state index contributed by atoms with van der Waals surface area (Å²) in [5.41, 5.74) is 8.70. The predicted octanol–water partition coefficient (Wildman–Crippen LogP) is 5.17. The van der Waals surface area contributed by atoms with Crippen molar-refractivity contribution in [3.8, 4) is 0 Å². The second kappa shape index (κ2) is 9.50. The van der Waals surface area contributed by atoms with Gasteiger partial charge in [-0.1, -0.05) is 19.9 Å². The first kappa shape index (κ1) is 20.8. The molecule has 3 rings (SSSR count). The van der Waals surface area contributed by atoms with E-state index in [2.05, 4.69) is 48.7 Å². The molecule has 5 heteroatoms. The number of rotatable bonds is 10. The molecule has 29 heavy (non-hydrogen) atoms. The first-order valence-corrected chi connectivity index (χ1v) is 10.3. The van der Waals surface area contributed by atoms with Gasteiger partial charge in [-0.3, -0.25) is 0 Å². The van der Waals surface area contributed by atoms with Crippen molar-refractivity contribution in [3.63, 3.8) is 0 Å². The van der Waals surface area contributed by atoms with Crippen LogP contribution < -0.4 is 5.32 Å². The molecule has 0 aliphatic carbocycles. The second-order valence-electron chi connectivity index (χ2n) is 7.47. The summed E-state index contributed by atoms with van der Waals surface area (Å²) in [7, 11) is 1.68. The fourth-order valence-corrected chi connectivity index (χ4v) is 3.59. The number of hydrogen-bond donors (Lipinski definition) is 3. The number of unbranched alkanes of at least 4 members (excludes halogenated alkanes) is 1. The van der Waals surface area contributed by atoms with Crippen LogP contribution in [0.4, 0.5) is 0 Å². The van der Waals surface area contributed by atoms with E-state index in [-0.39, 0.29) is 0 Å². The Labute approximate surface area is 173 Å². The van der Waals surface area contributed by atoms with Crippen LogP contribution in [0, 0.1) is 13.8 Å². The summed E-state index contributed by atoms with van der Waals surface area (Å²) in [6.07, 6.45) is 10.2. The van der Waals surface area contributed by atoms with Crippen LogP contribution in [-0.4, -0.2) is 29.3 Å². The number of allylic oxidation sites excluding steroid dienone is 2. The van der Waals surface area contributed by atoms with E-state index in [0.29, 0.717) is 0 Å². The summed E-state index contributed by atoms with van der Waals surface area (Å²) >= 11 is 0. The van der Waals surface area contributed by atoms with Crippen LogP contribution in [0.25, 0.3) is 6.08 Å². The van der Waals surface area contributed by atoms with Crippen LogP contribution in [0.1, 0.15) is 54.4 Å². The van der Waals surface area contributed by atoms with Crippen LogP contribution in [0.15, 0.2) is 53.1 Å². The molecule has 0 saturated heterocycles. The van der Waals surface area contributed by atoms with Crippen molar-refractivity contribution in [3.05, 3.63) is 76.3 Å². The number of hydrogen-bond acceptors (Lipinski definition) is 3. The maximum absolute atomic E-state index is 5.56. The maximum atomic E-state index is 5.56. The highest BCUT2D eigenvalue weighted by atomic mass is 16.5. The Kier molecular flexibility index (Phi) is 6.81. The molecule has 2 aromatic rings. The highest BCUT2D eigenvalue weighted by molar-refractivity contribution is 6.11. The minimum atomic E-state index is 0.774. The smallest absolute Gasteiger partial charge is 0.146 e.